The first-order chi connectivity index (χ1) is 9.91. The third-order valence-electron chi connectivity index (χ3n) is 5.93. The van der Waals surface area contributed by atoms with Gasteiger partial charge in [-0.05, 0) is 67.3 Å². The number of fused-ring (bicyclic) bond motifs is 4. The molecule has 1 saturated heterocycles. The monoisotopic (exact) mass is 285 g/mol. The minimum atomic E-state index is 0.205. The standard InChI is InChI=1S/C19H27NO/c1-13(2)7-9-20-10-8-19(4)14(3)18(20)11-15-5-6-16(21)12-17(15)19/h5-6,12,14,18,21H,1,7-11H2,2-4H3/t14-,18+,19-/m1/s1. The quantitative estimate of drug-likeness (QED) is 0.852. The topological polar surface area (TPSA) is 23.5 Å². The summed E-state index contributed by atoms with van der Waals surface area (Å²) in [6.07, 6.45) is 3.39. The van der Waals surface area contributed by atoms with E-state index in [1.807, 2.05) is 12.1 Å². The van der Waals surface area contributed by atoms with E-state index in [1.165, 1.54) is 23.1 Å². The van der Waals surface area contributed by atoms with Gasteiger partial charge in [0.05, 0.1) is 0 Å². The number of rotatable bonds is 3. The summed E-state index contributed by atoms with van der Waals surface area (Å²) < 4.78 is 0. The third-order valence-corrected chi connectivity index (χ3v) is 5.93. The predicted molar refractivity (Wildman–Crippen MR) is 87.7 cm³/mol. The van der Waals surface area contributed by atoms with Gasteiger partial charge in [0.2, 0.25) is 0 Å². The first-order valence-corrected chi connectivity index (χ1v) is 8.12. The maximum atomic E-state index is 9.86. The number of hydrogen-bond acceptors (Lipinski definition) is 2. The van der Waals surface area contributed by atoms with Gasteiger partial charge in [0.1, 0.15) is 5.75 Å². The largest absolute Gasteiger partial charge is 0.508 e. The summed E-state index contributed by atoms with van der Waals surface area (Å²) in [6, 6.07) is 6.60. The zero-order valence-electron chi connectivity index (χ0n) is 13.5. The van der Waals surface area contributed by atoms with E-state index in [9.17, 15) is 5.11 Å². The average Bonchev–Trinajstić information content (AvgIpc) is 2.43. The molecule has 21 heavy (non-hydrogen) atoms. The van der Waals surface area contributed by atoms with Crippen molar-refractivity contribution in [2.24, 2.45) is 5.92 Å². The van der Waals surface area contributed by atoms with Crippen molar-refractivity contribution in [3.05, 3.63) is 41.5 Å². The van der Waals surface area contributed by atoms with Gasteiger partial charge in [0, 0.05) is 12.6 Å². The van der Waals surface area contributed by atoms with Crippen LogP contribution in [0.2, 0.25) is 0 Å². The molecule has 1 heterocycles. The Morgan fingerprint density at radius 1 is 1.48 bits per heavy atom. The van der Waals surface area contributed by atoms with Crippen LogP contribution >= 0.6 is 0 Å². The number of benzene rings is 1. The van der Waals surface area contributed by atoms with E-state index in [2.05, 4.69) is 38.3 Å². The molecule has 1 aromatic carbocycles. The van der Waals surface area contributed by atoms with Crippen LogP contribution < -0.4 is 0 Å². The second-order valence-corrected chi connectivity index (χ2v) is 7.31. The van der Waals surface area contributed by atoms with Gasteiger partial charge >= 0.3 is 0 Å². The van der Waals surface area contributed by atoms with Crippen molar-refractivity contribution in [3.63, 3.8) is 0 Å². The molecule has 0 amide bonds. The van der Waals surface area contributed by atoms with Crippen molar-refractivity contribution in [3.8, 4) is 5.75 Å². The molecule has 114 valence electrons. The van der Waals surface area contributed by atoms with Crippen molar-refractivity contribution < 1.29 is 5.11 Å². The highest BCUT2D eigenvalue weighted by Crippen LogP contribution is 2.49. The van der Waals surface area contributed by atoms with E-state index >= 15 is 0 Å². The Balaban J connectivity index is 1.92. The molecule has 0 unspecified atom stereocenters. The van der Waals surface area contributed by atoms with E-state index in [0.717, 1.165) is 25.9 Å². The number of phenolic OH excluding ortho intramolecular Hbond substituents is 1. The Morgan fingerprint density at radius 3 is 2.95 bits per heavy atom. The summed E-state index contributed by atoms with van der Waals surface area (Å²) in [4.78, 5) is 2.66. The molecule has 1 aliphatic heterocycles. The van der Waals surface area contributed by atoms with E-state index in [-0.39, 0.29) is 5.41 Å². The molecule has 2 bridgehead atoms. The summed E-state index contributed by atoms with van der Waals surface area (Å²) in [5, 5.41) is 9.86. The summed E-state index contributed by atoms with van der Waals surface area (Å²) in [7, 11) is 0. The van der Waals surface area contributed by atoms with Gasteiger partial charge < -0.3 is 5.11 Å². The number of piperidine rings is 1. The summed E-state index contributed by atoms with van der Waals surface area (Å²) in [6.45, 7) is 13.2. The number of likely N-dealkylation sites (tertiary alicyclic amines) is 1. The van der Waals surface area contributed by atoms with Crippen molar-refractivity contribution in [2.75, 3.05) is 13.1 Å². The van der Waals surface area contributed by atoms with Gasteiger partial charge in [-0.1, -0.05) is 25.5 Å². The lowest BCUT2D eigenvalue weighted by Gasteiger charge is -2.54. The predicted octanol–water partition coefficient (Wildman–Crippen LogP) is 3.88. The molecule has 2 aliphatic rings. The van der Waals surface area contributed by atoms with Gasteiger partial charge in [0.15, 0.2) is 0 Å². The lowest BCUT2D eigenvalue weighted by Crippen LogP contribution is -2.58. The van der Waals surface area contributed by atoms with Crippen LogP contribution in [0.5, 0.6) is 5.75 Å². The molecule has 0 spiro atoms. The fourth-order valence-electron chi connectivity index (χ4n) is 4.31. The van der Waals surface area contributed by atoms with Crippen LogP contribution in [0.1, 0.15) is 44.7 Å². The minimum Gasteiger partial charge on any atom is -0.508 e. The van der Waals surface area contributed by atoms with E-state index in [1.54, 1.807) is 0 Å². The smallest absolute Gasteiger partial charge is 0.115 e. The van der Waals surface area contributed by atoms with Gasteiger partial charge in [-0.15, -0.1) is 6.58 Å². The molecule has 1 aliphatic carbocycles. The van der Waals surface area contributed by atoms with Crippen LogP contribution in [-0.2, 0) is 11.8 Å². The Morgan fingerprint density at radius 2 is 2.24 bits per heavy atom. The Labute approximate surface area is 128 Å². The van der Waals surface area contributed by atoms with Crippen molar-refractivity contribution in [1.82, 2.24) is 4.90 Å². The fourth-order valence-corrected chi connectivity index (χ4v) is 4.31. The zero-order valence-corrected chi connectivity index (χ0v) is 13.5. The summed E-state index contributed by atoms with van der Waals surface area (Å²) >= 11 is 0. The molecule has 2 heteroatoms. The fraction of sp³-hybridized carbons (Fsp3) is 0.579. The number of nitrogens with zero attached hydrogens (tertiary/aromatic N) is 1. The third kappa shape index (κ3) is 2.40. The average molecular weight is 285 g/mol. The van der Waals surface area contributed by atoms with Gasteiger partial charge in [-0.2, -0.15) is 0 Å². The molecule has 0 radical (unpaired) electrons. The van der Waals surface area contributed by atoms with Crippen molar-refractivity contribution in [2.45, 2.75) is 51.5 Å². The summed E-state index contributed by atoms with van der Waals surface area (Å²) in [5.74, 6) is 1.04. The summed E-state index contributed by atoms with van der Waals surface area (Å²) in [5.41, 5.74) is 4.29. The zero-order chi connectivity index (χ0) is 15.2. The van der Waals surface area contributed by atoms with Crippen molar-refractivity contribution in [1.29, 1.82) is 0 Å². The highest BCUT2D eigenvalue weighted by atomic mass is 16.3. The van der Waals surface area contributed by atoms with Crippen LogP contribution in [0, 0.1) is 5.92 Å². The van der Waals surface area contributed by atoms with E-state index < -0.39 is 0 Å². The molecular formula is C19H27NO. The van der Waals surface area contributed by atoms with Crippen LogP contribution in [0.25, 0.3) is 0 Å². The number of aromatic hydroxyl groups is 1. The number of phenols is 1. The van der Waals surface area contributed by atoms with E-state index in [4.69, 9.17) is 0 Å². The first kappa shape index (κ1) is 14.6. The molecule has 1 N–H and O–H groups in total. The maximum absolute atomic E-state index is 9.86. The van der Waals surface area contributed by atoms with Gasteiger partial charge in [-0.25, -0.2) is 0 Å². The minimum absolute atomic E-state index is 0.205. The molecule has 3 atom stereocenters. The highest BCUT2D eigenvalue weighted by molar-refractivity contribution is 5.44. The van der Waals surface area contributed by atoms with Gasteiger partial charge in [-0.3, -0.25) is 4.90 Å². The lowest BCUT2D eigenvalue weighted by molar-refractivity contribution is 0.0322. The molecule has 0 saturated carbocycles. The second-order valence-electron chi connectivity index (χ2n) is 7.31. The van der Waals surface area contributed by atoms with Crippen molar-refractivity contribution >= 4 is 0 Å². The van der Waals surface area contributed by atoms with Gasteiger partial charge in [0.25, 0.3) is 0 Å². The normalized spacial score (nSPS) is 31.8. The Bertz CT molecular complexity index is 565. The number of hydrogen-bond donors (Lipinski definition) is 1. The molecule has 0 aromatic heterocycles. The molecule has 1 fully saturated rings. The molecular weight excluding hydrogens is 258 g/mol. The molecule has 3 rings (SSSR count). The first-order valence-electron chi connectivity index (χ1n) is 8.12. The molecule has 1 aromatic rings. The Kier molecular flexibility index (Phi) is 3.61. The van der Waals surface area contributed by atoms with E-state index in [0.29, 0.717) is 17.7 Å². The lowest BCUT2D eigenvalue weighted by atomic mass is 9.59. The van der Waals surface area contributed by atoms with Crippen LogP contribution in [-0.4, -0.2) is 29.1 Å². The maximum Gasteiger partial charge on any atom is 0.115 e. The second kappa shape index (κ2) is 5.17. The molecule has 2 nitrogen and oxygen atoms in total. The van der Waals surface area contributed by atoms with Crippen LogP contribution in [0.3, 0.4) is 0 Å². The Hall–Kier alpha value is -1.28. The van der Waals surface area contributed by atoms with Crippen LogP contribution in [0.15, 0.2) is 30.4 Å². The van der Waals surface area contributed by atoms with Crippen LogP contribution in [0.4, 0.5) is 0 Å². The highest BCUT2D eigenvalue weighted by Gasteiger charge is 2.48. The SMILES string of the molecule is C=C(C)CCN1CC[C@@]2(C)c3cc(O)ccc3C[C@H]1[C@H]2C.